The lowest BCUT2D eigenvalue weighted by atomic mass is 9.96. The zero-order valence-corrected chi connectivity index (χ0v) is 14.7. The van der Waals surface area contributed by atoms with Crippen LogP contribution in [0.25, 0.3) is 0 Å². The van der Waals surface area contributed by atoms with Crippen LogP contribution < -0.4 is 10.6 Å². The largest absolute Gasteiger partial charge is 0.394 e. The number of alkyl halides is 8. The molecule has 0 spiro atoms. The van der Waals surface area contributed by atoms with Crippen molar-refractivity contribution in [2.24, 2.45) is 0 Å². The van der Waals surface area contributed by atoms with Gasteiger partial charge in [-0.1, -0.05) is 13.8 Å². The Kier molecular flexibility index (Phi) is 8.64. The van der Waals surface area contributed by atoms with Gasteiger partial charge in [-0.2, -0.15) is 35.1 Å². The monoisotopic (exact) mass is 432 g/mol. The number of aliphatic hydroxyl groups is 2. The quantitative estimate of drug-likeness (QED) is 0.370. The summed E-state index contributed by atoms with van der Waals surface area (Å²) in [6.45, 7) is 0.405. The number of hydrogen-bond donors (Lipinski definition) is 4. The minimum Gasteiger partial charge on any atom is -0.394 e. The molecule has 0 fully saturated rings. The molecule has 0 heterocycles. The topological polar surface area (TPSA) is 98.7 Å². The minimum absolute atomic E-state index is 0.265. The molecule has 0 aliphatic rings. The smallest absolute Gasteiger partial charge is 0.392 e. The summed E-state index contributed by atoms with van der Waals surface area (Å²) in [7, 11) is 0. The second-order valence-corrected chi connectivity index (χ2v) is 5.82. The van der Waals surface area contributed by atoms with Crippen LogP contribution in [-0.4, -0.2) is 71.0 Å². The molecule has 0 aromatic rings. The Labute approximate surface area is 154 Å². The van der Waals surface area contributed by atoms with Crippen LogP contribution in [0.4, 0.5) is 35.1 Å². The third kappa shape index (κ3) is 4.64. The average molecular weight is 432 g/mol. The van der Waals surface area contributed by atoms with Crippen LogP contribution in [0.3, 0.4) is 0 Å². The highest BCUT2D eigenvalue weighted by molar-refractivity contribution is 5.87. The van der Waals surface area contributed by atoms with Crippen molar-refractivity contribution >= 4 is 11.8 Å². The SMILES string of the molecule is CC[C@@H](CO)NC(=O)C(F)(F)C(F)(F)C(F)(F)C(F)(F)C(=O)N[C@@H](CC)CO. The number of halogens is 8. The van der Waals surface area contributed by atoms with Gasteiger partial charge in [0.2, 0.25) is 0 Å². The maximum atomic E-state index is 13.7. The maximum absolute atomic E-state index is 13.7. The second-order valence-electron chi connectivity index (χ2n) is 5.82. The molecule has 0 aromatic heterocycles. The van der Waals surface area contributed by atoms with E-state index in [9.17, 15) is 44.7 Å². The van der Waals surface area contributed by atoms with E-state index in [1.807, 2.05) is 0 Å². The normalized spacial score (nSPS) is 15.7. The minimum atomic E-state index is -6.99. The Bertz CT molecular complexity index is 503. The summed E-state index contributed by atoms with van der Waals surface area (Å²) in [6, 6.07) is -3.05. The van der Waals surface area contributed by atoms with E-state index < -0.39 is 60.8 Å². The summed E-state index contributed by atoms with van der Waals surface area (Å²) < 4.78 is 110. The summed E-state index contributed by atoms with van der Waals surface area (Å²) in [4.78, 5) is 22.6. The highest BCUT2D eigenvalue weighted by Crippen LogP contribution is 2.52. The number of carbonyl (C=O) groups excluding carboxylic acids is 2. The molecular weight excluding hydrogens is 412 g/mol. The number of hydrogen-bond acceptors (Lipinski definition) is 4. The van der Waals surface area contributed by atoms with E-state index in [0.717, 1.165) is 10.6 Å². The third-order valence-electron chi connectivity index (χ3n) is 3.85. The van der Waals surface area contributed by atoms with Crippen LogP contribution in [0.5, 0.6) is 0 Å². The first kappa shape index (κ1) is 26.3. The first-order chi connectivity index (χ1) is 12.6. The third-order valence-corrected chi connectivity index (χ3v) is 3.85. The number of rotatable bonds is 11. The number of amides is 2. The zero-order valence-electron chi connectivity index (χ0n) is 14.7. The van der Waals surface area contributed by atoms with Gasteiger partial charge in [-0.3, -0.25) is 9.59 Å². The molecule has 0 aliphatic carbocycles. The molecule has 0 rings (SSSR count). The van der Waals surface area contributed by atoms with Crippen molar-refractivity contribution in [3.05, 3.63) is 0 Å². The molecule has 6 nitrogen and oxygen atoms in total. The predicted molar refractivity (Wildman–Crippen MR) is 78.4 cm³/mol. The molecule has 2 atom stereocenters. The van der Waals surface area contributed by atoms with Gasteiger partial charge in [0.05, 0.1) is 25.3 Å². The van der Waals surface area contributed by atoms with Gasteiger partial charge in [0.25, 0.3) is 11.8 Å². The van der Waals surface area contributed by atoms with Crippen molar-refractivity contribution in [3.63, 3.8) is 0 Å². The molecular formula is C14H20F8N2O4. The fraction of sp³-hybridized carbons (Fsp3) is 0.857. The second kappa shape index (κ2) is 9.20. The van der Waals surface area contributed by atoms with E-state index in [0.29, 0.717) is 0 Å². The van der Waals surface area contributed by atoms with Crippen molar-refractivity contribution in [3.8, 4) is 0 Å². The van der Waals surface area contributed by atoms with Crippen LogP contribution in [0, 0.1) is 0 Å². The average Bonchev–Trinajstić information content (AvgIpc) is 2.62. The van der Waals surface area contributed by atoms with Crippen LogP contribution in [0.1, 0.15) is 26.7 Å². The van der Waals surface area contributed by atoms with E-state index in [1.54, 1.807) is 0 Å². The van der Waals surface area contributed by atoms with Crippen LogP contribution in [-0.2, 0) is 9.59 Å². The summed E-state index contributed by atoms with van der Waals surface area (Å²) in [5.74, 6) is -32.8. The first-order valence-electron chi connectivity index (χ1n) is 7.93. The molecule has 0 radical (unpaired) electrons. The van der Waals surface area contributed by atoms with Crippen LogP contribution in [0.2, 0.25) is 0 Å². The Morgan fingerprint density at radius 1 is 0.714 bits per heavy atom. The Morgan fingerprint density at radius 2 is 0.964 bits per heavy atom. The van der Waals surface area contributed by atoms with Crippen molar-refractivity contribution in [1.29, 1.82) is 0 Å². The number of nitrogens with one attached hydrogen (secondary N) is 2. The van der Waals surface area contributed by atoms with E-state index >= 15 is 0 Å². The van der Waals surface area contributed by atoms with Crippen LogP contribution >= 0.6 is 0 Å². The summed E-state index contributed by atoms with van der Waals surface area (Å²) >= 11 is 0. The lowest BCUT2D eigenvalue weighted by molar-refractivity contribution is -0.347. The van der Waals surface area contributed by atoms with Crippen LogP contribution in [0.15, 0.2) is 0 Å². The molecule has 0 aliphatic heterocycles. The van der Waals surface area contributed by atoms with Gasteiger partial charge in [0.15, 0.2) is 0 Å². The van der Waals surface area contributed by atoms with E-state index in [1.165, 1.54) is 13.8 Å². The van der Waals surface area contributed by atoms with E-state index in [2.05, 4.69) is 0 Å². The molecule has 4 N–H and O–H groups in total. The molecule has 0 saturated carbocycles. The number of carbonyl (C=O) groups is 2. The molecule has 0 saturated heterocycles. The molecule has 2 amide bonds. The lowest BCUT2D eigenvalue weighted by Crippen LogP contribution is -2.69. The van der Waals surface area contributed by atoms with Gasteiger partial charge in [-0.25, -0.2) is 0 Å². The van der Waals surface area contributed by atoms with Crippen molar-refractivity contribution < 1.29 is 54.9 Å². The first-order valence-corrected chi connectivity index (χ1v) is 7.93. The highest BCUT2D eigenvalue weighted by Gasteiger charge is 2.84. The van der Waals surface area contributed by atoms with Gasteiger partial charge in [-0.05, 0) is 12.8 Å². The standard InChI is InChI=1S/C14H20F8N2O4/c1-3-7(5-25)23-9(27)11(15,16)13(19,20)14(21,22)12(17,18)10(28)24-8(4-2)6-26/h7-8,25-26H,3-6H2,1-2H3,(H,23,27)(H,24,28)/t7-,8-/m0/s1. The van der Waals surface area contributed by atoms with Gasteiger partial charge in [0.1, 0.15) is 0 Å². The summed E-state index contributed by atoms with van der Waals surface area (Å²) in [5, 5.41) is 19.8. The Hall–Kier alpha value is -1.70. The molecule has 0 bridgehead atoms. The van der Waals surface area contributed by atoms with Gasteiger partial charge in [-0.15, -0.1) is 0 Å². The maximum Gasteiger partial charge on any atom is 0.392 e. The fourth-order valence-electron chi connectivity index (χ4n) is 1.79. The highest BCUT2D eigenvalue weighted by atomic mass is 19.4. The van der Waals surface area contributed by atoms with E-state index in [-0.39, 0.29) is 12.8 Å². The molecule has 28 heavy (non-hydrogen) atoms. The fourth-order valence-corrected chi connectivity index (χ4v) is 1.79. The molecule has 14 heteroatoms. The van der Waals surface area contributed by atoms with Crippen molar-refractivity contribution in [2.45, 2.75) is 62.5 Å². The Morgan fingerprint density at radius 3 is 1.14 bits per heavy atom. The summed E-state index contributed by atoms with van der Waals surface area (Å²) in [5.41, 5.74) is 0. The summed E-state index contributed by atoms with van der Waals surface area (Å²) in [6.07, 6.45) is -0.531. The Balaban J connectivity index is 5.86. The molecule has 166 valence electrons. The van der Waals surface area contributed by atoms with Gasteiger partial charge < -0.3 is 20.8 Å². The van der Waals surface area contributed by atoms with Gasteiger partial charge >= 0.3 is 23.7 Å². The van der Waals surface area contributed by atoms with Crippen molar-refractivity contribution in [2.75, 3.05) is 13.2 Å². The van der Waals surface area contributed by atoms with Crippen molar-refractivity contribution in [1.82, 2.24) is 10.6 Å². The predicted octanol–water partition coefficient (Wildman–Crippen LogP) is 1.30. The van der Waals surface area contributed by atoms with Gasteiger partial charge in [0, 0.05) is 0 Å². The zero-order chi connectivity index (χ0) is 22.6. The molecule has 0 unspecified atom stereocenters. The molecule has 0 aromatic carbocycles. The van der Waals surface area contributed by atoms with E-state index in [4.69, 9.17) is 10.2 Å². The number of aliphatic hydroxyl groups excluding tert-OH is 2. The lowest BCUT2D eigenvalue weighted by Gasteiger charge is -2.36.